The normalized spacial score (nSPS) is 23.5. The fourth-order valence-corrected chi connectivity index (χ4v) is 2.96. The molecule has 1 saturated heterocycles. The van der Waals surface area contributed by atoms with Crippen molar-refractivity contribution in [2.75, 3.05) is 13.1 Å². The van der Waals surface area contributed by atoms with Gasteiger partial charge in [0.1, 0.15) is 5.82 Å². The molecule has 1 aromatic rings. The molecule has 1 aromatic carbocycles. The van der Waals surface area contributed by atoms with Crippen molar-refractivity contribution in [2.24, 2.45) is 0 Å². The minimum absolute atomic E-state index is 0.129. The second-order valence-electron chi connectivity index (χ2n) is 5.60. The molecule has 1 fully saturated rings. The monoisotopic (exact) mass is 281 g/mol. The van der Waals surface area contributed by atoms with Crippen molar-refractivity contribution in [3.8, 4) is 0 Å². The number of piperidine rings is 1. The zero-order valence-electron chi connectivity index (χ0n) is 12.0. The van der Waals surface area contributed by atoms with Gasteiger partial charge in [0.25, 0.3) is 0 Å². The number of nitrogens with zero attached hydrogens (tertiary/aromatic N) is 1. The van der Waals surface area contributed by atoms with E-state index in [1.807, 2.05) is 6.92 Å². The summed E-state index contributed by atoms with van der Waals surface area (Å²) in [5, 5.41) is 20.4. The zero-order valence-corrected chi connectivity index (χ0v) is 12.0. The maximum atomic E-state index is 12.9. The van der Waals surface area contributed by atoms with Gasteiger partial charge in [-0.2, -0.15) is 0 Å². The molecule has 2 N–H and O–H groups in total. The van der Waals surface area contributed by atoms with Gasteiger partial charge in [-0.1, -0.05) is 25.5 Å². The van der Waals surface area contributed by atoms with Crippen LogP contribution in [0.4, 0.5) is 4.39 Å². The van der Waals surface area contributed by atoms with Crippen molar-refractivity contribution >= 4 is 0 Å². The lowest BCUT2D eigenvalue weighted by Crippen LogP contribution is -2.48. The number of halogens is 1. The summed E-state index contributed by atoms with van der Waals surface area (Å²) in [6.07, 6.45) is 2.96. The van der Waals surface area contributed by atoms with Crippen molar-refractivity contribution in [1.29, 1.82) is 0 Å². The number of likely N-dealkylation sites (tertiary alicyclic amines) is 1. The molecule has 112 valence electrons. The number of benzene rings is 1. The van der Waals surface area contributed by atoms with Gasteiger partial charge < -0.3 is 10.2 Å². The molecule has 2 rings (SSSR count). The standard InChI is InChI=1S/C16H24FNO2/c1-2-15(19)14-5-3-4-10-18(14)11-16(20)12-6-8-13(17)9-7-12/h6-9,14-16,19-20H,2-5,10-11H2,1H3. The molecule has 1 aliphatic rings. The minimum atomic E-state index is -0.639. The zero-order chi connectivity index (χ0) is 14.5. The Hall–Kier alpha value is -0.970. The molecular weight excluding hydrogens is 257 g/mol. The molecule has 3 atom stereocenters. The maximum absolute atomic E-state index is 12.9. The van der Waals surface area contributed by atoms with Crippen LogP contribution in [0.15, 0.2) is 24.3 Å². The second kappa shape index (κ2) is 7.16. The van der Waals surface area contributed by atoms with Crippen molar-refractivity contribution in [1.82, 2.24) is 4.90 Å². The first-order valence-corrected chi connectivity index (χ1v) is 7.47. The van der Waals surface area contributed by atoms with E-state index in [0.717, 1.165) is 37.8 Å². The summed E-state index contributed by atoms with van der Waals surface area (Å²) in [6.45, 7) is 3.38. The van der Waals surface area contributed by atoms with Crippen LogP contribution in [-0.2, 0) is 0 Å². The molecule has 1 heterocycles. The molecule has 0 aliphatic carbocycles. The Bertz CT molecular complexity index is 409. The smallest absolute Gasteiger partial charge is 0.123 e. The third kappa shape index (κ3) is 3.78. The van der Waals surface area contributed by atoms with E-state index in [-0.39, 0.29) is 18.0 Å². The van der Waals surface area contributed by atoms with Gasteiger partial charge >= 0.3 is 0 Å². The summed E-state index contributed by atoms with van der Waals surface area (Å²) in [6, 6.07) is 6.11. The number of hydrogen-bond acceptors (Lipinski definition) is 3. The lowest BCUT2D eigenvalue weighted by Gasteiger charge is -2.39. The van der Waals surface area contributed by atoms with Gasteiger partial charge in [-0.15, -0.1) is 0 Å². The molecule has 0 bridgehead atoms. The average molecular weight is 281 g/mol. The fraction of sp³-hybridized carbons (Fsp3) is 0.625. The van der Waals surface area contributed by atoms with Crippen molar-refractivity contribution in [3.05, 3.63) is 35.6 Å². The van der Waals surface area contributed by atoms with Crippen molar-refractivity contribution in [3.63, 3.8) is 0 Å². The maximum Gasteiger partial charge on any atom is 0.123 e. The van der Waals surface area contributed by atoms with Gasteiger partial charge in [0, 0.05) is 12.6 Å². The first-order chi connectivity index (χ1) is 9.61. The molecule has 0 spiro atoms. The molecule has 20 heavy (non-hydrogen) atoms. The predicted molar refractivity (Wildman–Crippen MR) is 76.9 cm³/mol. The van der Waals surface area contributed by atoms with Crippen LogP contribution >= 0.6 is 0 Å². The van der Waals surface area contributed by atoms with E-state index in [1.54, 1.807) is 12.1 Å². The fourth-order valence-electron chi connectivity index (χ4n) is 2.96. The summed E-state index contributed by atoms with van der Waals surface area (Å²) >= 11 is 0. The summed E-state index contributed by atoms with van der Waals surface area (Å²) < 4.78 is 12.9. The van der Waals surface area contributed by atoms with E-state index < -0.39 is 6.10 Å². The first-order valence-electron chi connectivity index (χ1n) is 7.47. The van der Waals surface area contributed by atoms with Gasteiger partial charge in [0.15, 0.2) is 0 Å². The summed E-state index contributed by atoms with van der Waals surface area (Å²) in [5.41, 5.74) is 0.724. The molecular formula is C16H24FNO2. The van der Waals surface area contributed by atoms with Gasteiger partial charge in [-0.05, 0) is 43.5 Å². The molecule has 3 nitrogen and oxygen atoms in total. The quantitative estimate of drug-likeness (QED) is 0.871. The average Bonchev–Trinajstić information content (AvgIpc) is 2.47. The molecule has 0 amide bonds. The van der Waals surface area contributed by atoms with E-state index in [0.29, 0.717) is 6.54 Å². The molecule has 0 aromatic heterocycles. The molecule has 4 heteroatoms. The number of rotatable bonds is 5. The van der Waals surface area contributed by atoms with Gasteiger partial charge in [-0.25, -0.2) is 4.39 Å². The predicted octanol–water partition coefficient (Wildman–Crippen LogP) is 2.48. The van der Waals surface area contributed by atoms with Gasteiger partial charge in [0.05, 0.1) is 12.2 Å². The van der Waals surface area contributed by atoms with Crippen LogP contribution in [0.25, 0.3) is 0 Å². The van der Waals surface area contributed by atoms with E-state index in [1.165, 1.54) is 12.1 Å². The summed E-state index contributed by atoms with van der Waals surface area (Å²) in [5.74, 6) is -0.293. The van der Waals surface area contributed by atoms with E-state index >= 15 is 0 Å². The van der Waals surface area contributed by atoms with Gasteiger partial charge in [0.2, 0.25) is 0 Å². The van der Waals surface area contributed by atoms with E-state index in [2.05, 4.69) is 4.90 Å². The van der Waals surface area contributed by atoms with Crippen LogP contribution in [0.5, 0.6) is 0 Å². The first kappa shape index (κ1) is 15.4. The lowest BCUT2D eigenvalue weighted by atomic mass is 9.95. The van der Waals surface area contributed by atoms with E-state index in [4.69, 9.17) is 0 Å². The lowest BCUT2D eigenvalue weighted by molar-refractivity contribution is -0.00120. The highest BCUT2D eigenvalue weighted by atomic mass is 19.1. The Morgan fingerprint density at radius 2 is 1.95 bits per heavy atom. The highest BCUT2D eigenvalue weighted by molar-refractivity contribution is 5.18. The number of β-amino-alcohol motifs (C(OH)–C–C–N with tert-alkyl or cyclic N) is 1. The largest absolute Gasteiger partial charge is 0.392 e. The topological polar surface area (TPSA) is 43.7 Å². The SMILES string of the molecule is CCC(O)C1CCCCN1CC(O)c1ccc(F)cc1. The minimum Gasteiger partial charge on any atom is -0.392 e. The molecule has 1 aliphatic heterocycles. The Labute approximate surface area is 120 Å². The highest BCUT2D eigenvalue weighted by Gasteiger charge is 2.29. The van der Waals surface area contributed by atoms with Crippen molar-refractivity contribution in [2.45, 2.75) is 50.9 Å². The third-order valence-corrected chi connectivity index (χ3v) is 4.19. The number of hydrogen-bond donors (Lipinski definition) is 2. The Morgan fingerprint density at radius 3 is 2.60 bits per heavy atom. The summed E-state index contributed by atoms with van der Waals surface area (Å²) in [7, 11) is 0. The Morgan fingerprint density at radius 1 is 1.25 bits per heavy atom. The number of aliphatic hydroxyl groups excluding tert-OH is 2. The molecule has 0 saturated carbocycles. The Kier molecular flexibility index (Phi) is 5.52. The van der Waals surface area contributed by atoms with Crippen molar-refractivity contribution < 1.29 is 14.6 Å². The Balaban J connectivity index is 2.00. The van der Waals surface area contributed by atoms with Crippen LogP contribution in [0.2, 0.25) is 0 Å². The number of aliphatic hydroxyl groups is 2. The van der Waals surface area contributed by atoms with Crippen LogP contribution in [0.1, 0.15) is 44.3 Å². The molecule has 0 radical (unpaired) electrons. The van der Waals surface area contributed by atoms with Crippen LogP contribution in [-0.4, -0.2) is 40.3 Å². The van der Waals surface area contributed by atoms with E-state index in [9.17, 15) is 14.6 Å². The third-order valence-electron chi connectivity index (χ3n) is 4.19. The summed E-state index contributed by atoms with van der Waals surface area (Å²) in [4.78, 5) is 2.17. The van der Waals surface area contributed by atoms with Gasteiger partial charge in [-0.3, -0.25) is 4.90 Å². The van der Waals surface area contributed by atoms with Crippen LogP contribution in [0.3, 0.4) is 0 Å². The highest BCUT2D eigenvalue weighted by Crippen LogP contribution is 2.24. The second-order valence-corrected chi connectivity index (χ2v) is 5.60. The van der Waals surface area contributed by atoms with Crippen LogP contribution < -0.4 is 0 Å². The molecule has 3 unspecified atom stereocenters. The van der Waals surface area contributed by atoms with Crippen LogP contribution in [0, 0.1) is 5.82 Å².